The van der Waals surface area contributed by atoms with Crippen molar-refractivity contribution in [3.05, 3.63) is 58.0 Å². The zero-order valence-corrected chi connectivity index (χ0v) is 26.1. The molecule has 1 spiro atoms. The van der Waals surface area contributed by atoms with Crippen molar-refractivity contribution < 1.29 is 27.1 Å². The molecule has 244 valence electrons. The summed E-state index contributed by atoms with van der Waals surface area (Å²) in [6, 6.07) is 7.01. The van der Waals surface area contributed by atoms with Gasteiger partial charge in [0.2, 0.25) is 6.43 Å². The summed E-state index contributed by atoms with van der Waals surface area (Å²) in [4.78, 5) is 27.2. The Bertz CT molecular complexity index is 1620. The molecule has 0 saturated carbocycles. The van der Waals surface area contributed by atoms with Crippen LogP contribution in [-0.4, -0.2) is 83.0 Å². The maximum Gasteiger partial charge on any atom is 0.318 e. The molecule has 0 bridgehead atoms. The van der Waals surface area contributed by atoms with Gasteiger partial charge in [0.15, 0.2) is 12.0 Å². The average molecular weight is 659 g/mol. The zero-order valence-electron chi connectivity index (χ0n) is 25.3. The lowest BCUT2D eigenvalue weighted by molar-refractivity contribution is -0.131. The minimum atomic E-state index is -2.41. The molecule has 2 aliphatic carbocycles. The molecule has 1 amide bonds. The highest BCUT2D eigenvalue weighted by Crippen LogP contribution is 2.57. The molecule has 1 aromatic heterocycles. The molecule has 5 atom stereocenters. The van der Waals surface area contributed by atoms with Gasteiger partial charge in [0, 0.05) is 54.6 Å². The van der Waals surface area contributed by atoms with Crippen molar-refractivity contribution in [1.29, 1.82) is 5.26 Å². The summed E-state index contributed by atoms with van der Waals surface area (Å²) in [5.41, 5.74) is 1.36. The summed E-state index contributed by atoms with van der Waals surface area (Å²) in [7, 11) is 0. The van der Waals surface area contributed by atoms with Crippen LogP contribution in [0.25, 0.3) is 0 Å². The van der Waals surface area contributed by atoms with Gasteiger partial charge in [-0.3, -0.25) is 9.69 Å². The van der Waals surface area contributed by atoms with Gasteiger partial charge in [-0.15, -0.1) is 0 Å². The van der Waals surface area contributed by atoms with Crippen molar-refractivity contribution in [2.75, 3.05) is 44.2 Å². The minimum Gasteiger partial charge on any atom is -0.461 e. The van der Waals surface area contributed by atoms with Gasteiger partial charge in [-0.1, -0.05) is 30.3 Å². The number of alkyl halides is 3. The Morgan fingerprint density at radius 1 is 1.15 bits per heavy atom. The van der Waals surface area contributed by atoms with Gasteiger partial charge in [0.25, 0.3) is 5.91 Å². The van der Waals surface area contributed by atoms with E-state index in [0.29, 0.717) is 68.0 Å². The third-order valence-electron chi connectivity index (χ3n) is 11.1. The fraction of sp³-hybridized carbons (Fsp3) is 0.576. The normalized spacial score (nSPS) is 30.1. The first-order valence-electron chi connectivity index (χ1n) is 15.8. The predicted octanol–water partition coefficient (Wildman–Crippen LogP) is 5.49. The number of hydrogen-bond acceptors (Lipinski definition) is 7. The largest absolute Gasteiger partial charge is 0.461 e. The van der Waals surface area contributed by atoms with Crippen LogP contribution < -0.4 is 9.64 Å². The predicted molar refractivity (Wildman–Crippen MR) is 162 cm³/mol. The number of benzene rings is 1. The first-order valence-corrected chi connectivity index (χ1v) is 16.2. The van der Waals surface area contributed by atoms with E-state index in [2.05, 4.69) is 17.6 Å². The van der Waals surface area contributed by atoms with Crippen molar-refractivity contribution in [1.82, 2.24) is 19.8 Å². The van der Waals surface area contributed by atoms with E-state index in [-0.39, 0.29) is 44.4 Å². The first kappa shape index (κ1) is 31.2. The van der Waals surface area contributed by atoms with E-state index in [4.69, 9.17) is 21.3 Å². The third kappa shape index (κ3) is 4.93. The van der Waals surface area contributed by atoms with E-state index in [1.54, 1.807) is 0 Å². The maximum atomic E-state index is 17.1. The highest BCUT2D eigenvalue weighted by Gasteiger charge is 2.55. The van der Waals surface area contributed by atoms with Crippen LogP contribution in [0, 0.1) is 17.2 Å². The number of halogens is 5. The van der Waals surface area contributed by atoms with Gasteiger partial charge in [-0.05, 0) is 55.7 Å². The van der Waals surface area contributed by atoms with Gasteiger partial charge in [-0.25, -0.2) is 17.6 Å². The quantitative estimate of drug-likeness (QED) is 0.287. The number of fused-ring (bicyclic) bond motifs is 4. The van der Waals surface area contributed by atoms with E-state index in [9.17, 15) is 23.2 Å². The molecule has 13 heteroatoms. The van der Waals surface area contributed by atoms with Crippen LogP contribution >= 0.6 is 11.6 Å². The van der Waals surface area contributed by atoms with E-state index in [1.165, 1.54) is 4.90 Å². The summed E-state index contributed by atoms with van der Waals surface area (Å²) in [6.07, 6.45) is -0.694. The Hall–Kier alpha value is -3.43. The molecular weight excluding hydrogens is 624 g/mol. The molecule has 2 aromatic rings. The van der Waals surface area contributed by atoms with Crippen LogP contribution in [-0.2, 0) is 23.1 Å². The number of rotatable bonds is 7. The molecule has 3 saturated heterocycles. The van der Waals surface area contributed by atoms with Gasteiger partial charge >= 0.3 is 6.01 Å². The Balaban J connectivity index is 1.24. The number of nitriles is 1. The van der Waals surface area contributed by atoms with Gasteiger partial charge in [0.1, 0.15) is 12.4 Å². The second kappa shape index (κ2) is 11.7. The average Bonchev–Trinajstić information content (AvgIpc) is 3.53. The van der Waals surface area contributed by atoms with Crippen LogP contribution in [0.15, 0.2) is 30.6 Å². The molecule has 46 heavy (non-hydrogen) atoms. The molecule has 0 N–H and O–H groups in total. The molecule has 3 aliphatic heterocycles. The number of carbonyl (C=O) groups excluding carboxylic acids is 1. The number of nitrogens with zero attached hydrogens (tertiary/aromatic N) is 6. The Morgan fingerprint density at radius 2 is 1.93 bits per heavy atom. The van der Waals surface area contributed by atoms with Gasteiger partial charge in [-0.2, -0.15) is 15.2 Å². The number of carbonyl (C=O) groups is 1. The number of piperazine rings is 1. The molecule has 1 aromatic carbocycles. The second-order valence-electron chi connectivity index (χ2n) is 13.4. The molecular formula is C33H35ClF4N6O2. The van der Waals surface area contributed by atoms with E-state index in [1.807, 2.05) is 28.0 Å². The van der Waals surface area contributed by atoms with Crippen molar-refractivity contribution >= 4 is 23.3 Å². The third-order valence-corrected chi connectivity index (χ3v) is 11.4. The topological polar surface area (TPSA) is 85.6 Å². The molecule has 4 heterocycles. The fourth-order valence-corrected chi connectivity index (χ4v) is 8.81. The number of hydrogen-bond donors (Lipinski definition) is 0. The summed E-state index contributed by atoms with van der Waals surface area (Å²) in [5, 5.41) is 10.1. The van der Waals surface area contributed by atoms with Crippen molar-refractivity contribution in [3.63, 3.8) is 0 Å². The highest BCUT2D eigenvalue weighted by atomic mass is 35.5. The first-order chi connectivity index (χ1) is 22.1. The fourth-order valence-electron chi connectivity index (χ4n) is 8.54. The lowest BCUT2D eigenvalue weighted by Gasteiger charge is -2.47. The molecule has 3 fully saturated rings. The van der Waals surface area contributed by atoms with Gasteiger partial charge < -0.3 is 14.5 Å². The zero-order chi connectivity index (χ0) is 32.4. The molecule has 8 nitrogen and oxygen atoms in total. The van der Waals surface area contributed by atoms with Gasteiger partial charge in [0.05, 0.1) is 29.8 Å². The Labute approximate surface area is 270 Å². The van der Waals surface area contributed by atoms with E-state index >= 15 is 4.39 Å². The number of aromatic nitrogens is 2. The summed E-state index contributed by atoms with van der Waals surface area (Å²) >= 11 is 6.52. The van der Waals surface area contributed by atoms with Crippen molar-refractivity contribution in [2.24, 2.45) is 5.92 Å². The van der Waals surface area contributed by atoms with E-state index < -0.39 is 47.2 Å². The van der Waals surface area contributed by atoms with Crippen molar-refractivity contribution in [3.8, 4) is 12.1 Å². The Kier molecular flexibility index (Phi) is 7.91. The minimum absolute atomic E-state index is 0.0352. The van der Waals surface area contributed by atoms with Crippen LogP contribution in [0.4, 0.5) is 23.4 Å². The van der Waals surface area contributed by atoms with Crippen molar-refractivity contribution in [2.45, 2.75) is 74.5 Å². The summed E-state index contributed by atoms with van der Waals surface area (Å²) in [5.74, 6) is -2.23. The van der Waals surface area contributed by atoms with Crippen LogP contribution in [0.3, 0.4) is 0 Å². The Morgan fingerprint density at radius 3 is 2.63 bits per heavy atom. The summed E-state index contributed by atoms with van der Waals surface area (Å²) in [6.45, 7) is 4.81. The van der Waals surface area contributed by atoms with Crippen LogP contribution in [0.5, 0.6) is 6.01 Å². The van der Waals surface area contributed by atoms with Crippen LogP contribution in [0.1, 0.15) is 60.7 Å². The summed E-state index contributed by atoms with van der Waals surface area (Å²) < 4.78 is 64.4. The standard InChI is InChI=1S/C33H35ClF4N6O2/c1-19(35)30(45)44-14-13-42(17-21(44)7-11-39)29-23-6-9-33(8-5-22-24(33)3-2-4-25(22)34)27(36)26(23)40-31(41-29)46-18-32-10-12-43(32)16-20(15-32)28(37)38/h2-4,20-21,27-28H,1,5-10,12-18H2/t20-,21-,27-,32?,33+/m0/s1. The SMILES string of the molecule is C=C(F)C(=O)N1CCN(c2nc(OCC34CCN3C[C@@H](C(F)F)C4)nc3c2CC[C@@]2(CCc4c(Cl)cccc42)[C@H]3F)C[C@@H]1CC#N. The smallest absolute Gasteiger partial charge is 0.318 e. The molecule has 7 rings (SSSR count). The monoisotopic (exact) mass is 658 g/mol. The lowest BCUT2D eigenvalue weighted by Crippen LogP contribution is -2.59. The second-order valence-corrected chi connectivity index (χ2v) is 13.8. The molecule has 5 aliphatic rings. The molecule has 0 radical (unpaired) electrons. The highest BCUT2D eigenvalue weighted by molar-refractivity contribution is 6.31. The van der Waals surface area contributed by atoms with Crippen LogP contribution in [0.2, 0.25) is 5.02 Å². The van der Waals surface area contributed by atoms with E-state index in [0.717, 1.165) is 11.1 Å². The molecule has 1 unspecified atom stereocenters. The maximum absolute atomic E-state index is 17.1. The lowest BCUT2D eigenvalue weighted by atomic mass is 9.68. The number of ether oxygens (including phenoxy) is 1. The number of anilines is 1. The number of amides is 1.